The molecule has 64 valence electrons. The second-order valence-electron chi connectivity index (χ2n) is 1.17. The molecule has 0 amide bonds. The summed E-state index contributed by atoms with van der Waals surface area (Å²) in [6.45, 7) is 0. The molecule has 7 N–H and O–H groups in total. The summed E-state index contributed by atoms with van der Waals surface area (Å²) < 4.78 is 0. The summed E-state index contributed by atoms with van der Waals surface area (Å²) in [6, 6.07) is 0. The normalized spacial score (nSPS) is 6.91. The van der Waals surface area contributed by atoms with E-state index in [0.29, 0.717) is 0 Å². The number of hydrogen-bond acceptors (Lipinski definition) is 4. The Kier molecular flexibility index (Phi) is 7.11. The summed E-state index contributed by atoms with van der Waals surface area (Å²) in [6.07, 6.45) is 0. The third kappa shape index (κ3) is 60.7. The van der Waals surface area contributed by atoms with E-state index in [2.05, 4.69) is 17.2 Å². The largest absolute Gasteiger partial charge is 0.356 e. The topological polar surface area (TPSA) is 158 Å². The number of hydrogen-bond donors (Lipinski definition) is 4. The van der Waals surface area contributed by atoms with Crippen molar-refractivity contribution >= 4 is 23.3 Å². The fourth-order valence-corrected chi connectivity index (χ4v) is 0.260. The maximum atomic E-state index is 8.25. The lowest BCUT2D eigenvalue weighted by atomic mass is 11.0. The minimum atomic E-state index is -1.75. The average Bonchev–Trinajstić information content (AvgIpc) is 1.56. The van der Waals surface area contributed by atoms with Crippen LogP contribution in [-0.4, -0.2) is 16.2 Å². The predicted octanol–water partition coefficient (Wildman–Crippen LogP) is -3.66. The van der Waals surface area contributed by atoms with Gasteiger partial charge in [0.1, 0.15) is 0 Å². The molecule has 8 nitrogen and oxygen atoms in total. The molecule has 0 aliphatic carbocycles. The van der Waals surface area contributed by atoms with Crippen molar-refractivity contribution in [2.24, 2.45) is 17.2 Å². The van der Waals surface area contributed by atoms with Crippen LogP contribution in [0.3, 0.4) is 0 Å². The lowest BCUT2D eigenvalue weighted by Gasteiger charge is -1.80. The smallest absolute Gasteiger partial charge is 0.303 e. The summed E-state index contributed by atoms with van der Waals surface area (Å²) in [4.78, 5) is 10.5. The summed E-state index contributed by atoms with van der Waals surface area (Å²) in [7, 11) is 0. The third-order valence-electron chi connectivity index (χ3n) is 0.268. The number of rotatable bonds is 0. The van der Waals surface area contributed by atoms with Crippen molar-refractivity contribution < 1.29 is 10.1 Å². The zero-order valence-corrected chi connectivity index (χ0v) is 6.13. The van der Waals surface area contributed by atoms with Gasteiger partial charge in [-0.1, -0.05) is 0 Å². The van der Waals surface area contributed by atoms with Crippen LogP contribution in [0, 0.1) is 15.3 Å². The summed E-state index contributed by atoms with van der Waals surface area (Å²) in [5.41, 5.74) is 14.8. The van der Waals surface area contributed by atoms with E-state index in [-0.39, 0.29) is 11.1 Å². The number of guanidine groups is 1. The fourth-order valence-electron chi connectivity index (χ4n) is 0.142. The second-order valence-corrected chi connectivity index (χ2v) is 1.61. The molecule has 0 heterocycles. The molecule has 0 atom stereocenters. The van der Waals surface area contributed by atoms with Crippen molar-refractivity contribution in [1.82, 2.24) is 0 Å². The van der Waals surface area contributed by atoms with Crippen LogP contribution in [0.5, 0.6) is 0 Å². The van der Waals surface area contributed by atoms with Gasteiger partial charge in [0, 0.05) is 0 Å². The molecule has 0 saturated heterocycles. The molecule has 9 heteroatoms. The molecule has 0 aliphatic rings. The molecule has 0 fully saturated rings. The molecule has 0 radical (unpaired) electrons. The highest BCUT2D eigenvalue weighted by Gasteiger charge is 1.83. The zero-order chi connectivity index (χ0) is 9.44. The first-order chi connectivity index (χ1) is 4.86. The van der Waals surface area contributed by atoms with Crippen LogP contribution in [0.25, 0.3) is 0 Å². The minimum absolute atomic E-state index is 0.0208. The van der Waals surface area contributed by atoms with E-state index in [0.717, 1.165) is 0 Å². The Balaban J connectivity index is 0. The first-order valence-corrected chi connectivity index (χ1v) is 2.53. The Morgan fingerprint density at radius 2 is 1.64 bits per heavy atom. The van der Waals surface area contributed by atoms with Gasteiger partial charge in [-0.2, -0.15) is 0 Å². The lowest BCUT2D eigenvalue weighted by molar-refractivity contribution is -0.402. The molecular formula is C2H7N5O3S. The van der Waals surface area contributed by atoms with Crippen LogP contribution in [0.2, 0.25) is 0 Å². The number of nitrogens with zero attached hydrogens (tertiary/aromatic N) is 1. The van der Waals surface area contributed by atoms with E-state index >= 15 is 0 Å². The van der Waals surface area contributed by atoms with Gasteiger partial charge in [0.25, 0.3) is 5.11 Å². The molecule has 0 aliphatic heterocycles. The Morgan fingerprint density at radius 1 is 1.36 bits per heavy atom. The molecule has 0 aromatic carbocycles. The van der Waals surface area contributed by atoms with E-state index in [4.69, 9.17) is 32.5 Å². The van der Waals surface area contributed by atoms with Gasteiger partial charge in [0.2, 0.25) is 0 Å². The molecule has 0 aromatic heterocycles. The Labute approximate surface area is 66.8 Å². The van der Waals surface area contributed by atoms with Crippen LogP contribution < -0.4 is 22.2 Å². The van der Waals surface area contributed by atoms with Crippen molar-refractivity contribution in [3.8, 4) is 0 Å². The maximum Gasteiger partial charge on any atom is 0.303 e. The van der Waals surface area contributed by atoms with E-state index < -0.39 is 5.09 Å². The van der Waals surface area contributed by atoms with E-state index in [1.165, 1.54) is 0 Å². The van der Waals surface area contributed by atoms with Gasteiger partial charge in [-0.3, -0.25) is 0 Å². The molecule has 0 spiro atoms. The predicted molar refractivity (Wildman–Crippen MR) is 41.5 cm³/mol. The molecule has 0 bridgehead atoms. The fraction of sp³-hybridized carbons (Fsp3) is 0. The number of thiocarbonyl (C=S) groups is 1. The van der Waals surface area contributed by atoms with Crippen molar-refractivity contribution in [2.75, 3.05) is 0 Å². The summed E-state index contributed by atoms with van der Waals surface area (Å²) in [5, 5.41) is 14.8. The van der Waals surface area contributed by atoms with Crippen molar-refractivity contribution in [3.63, 3.8) is 0 Å². The van der Waals surface area contributed by atoms with Gasteiger partial charge >= 0.3 is 5.96 Å². The van der Waals surface area contributed by atoms with Gasteiger partial charge in [-0.25, -0.2) is 4.99 Å². The van der Waals surface area contributed by atoms with E-state index in [1.54, 1.807) is 0 Å². The Morgan fingerprint density at radius 3 is 1.64 bits per heavy atom. The minimum Gasteiger partial charge on any atom is -0.356 e. The Bertz CT molecular complexity index is 171. The Hall–Kier alpha value is -1.64. The second kappa shape index (κ2) is 6.48. The SMILES string of the molecule is NC(=S)[NH+]=C(N)N.O=[N+]([O-])[O-]. The molecule has 0 rings (SSSR count). The van der Waals surface area contributed by atoms with Crippen molar-refractivity contribution in [1.29, 1.82) is 0 Å². The number of nitrogens with one attached hydrogen (secondary N) is 1. The van der Waals surface area contributed by atoms with Gasteiger partial charge < -0.3 is 32.5 Å². The van der Waals surface area contributed by atoms with Gasteiger partial charge in [-0.15, -0.1) is 0 Å². The highest BCUT2D eigenvalue weighted by molar-refractivity contribution is 7.79. The zero-order valence-electron chi connectivity index (χ0n) is 5.31. The monoisotopic (exact) mass is 181 g/mol. The summed E-state index contributed by atoms with van der Waals surface area (Å²) >= 11 is 4.36. The first kappa shape index (κ1) is 12.1. The quantitative estimate of drug-likeness (QED) is 0.0985. The molecule has 0 unspecified atom stereocenters. The third-order valence-corrected chi connectivity index (χ3v) is 0.370. The van der Waals surface area contributed by atoms with Gasteiger partial charge in [0.05, 0.1) is 5.09 Å². The van der Waals surface area contributed by atoms with Crippen LogP contribution in [0.1, 0.15) is 0 Å². The highest BCUT2D eigenvalue weighted by atomic mass is 32.1. The van der Waals surface area contributed by atoms with Crippen molar-refractivity contribution in [3.05, 3.63) is 15.3 Å². The van der Waals surface area contributed by atoms with Crippen LogP contribution in [0.4, 0.5) is 0 Å². The lowest BCUT2D eigenvalue weighted by Crippen LogP contribution is -2.83. The molecule has 11 heavy (non-hydrogen) atoms. The average molecular weight is 181 g/mol. The first-order valence-electron chi connectivity index (χ1n) is 2.12. The van der Waals surface area contributed by atoms with Crippen LogP contribution >= 0.6 is 12.2 Å². The van der Waals surface area contributed by atoms with Gasteiger partial charge in [0.15, 0.2) is 0 Å². The number of nitrogens with two attached hydrogens (primary N) is 3. The van der Waals surface area contributed by atoms with Crippen LogP contribution in [0.15, 0.2) is 0 Å². The standard InChI is InChI=1S/C2H6N4S.NO3/c3-1(4)6-2(5)7;2-1(3)4/h(H6,3,4,5,6,7);/q;-1/p+1. The maximum absolute atomic E-state index is 8.25. The van der Waals surface area contributed by atoms with E-state index in [9.17, 15) is 0 Å². The summed E-state index contributed by atoms with van der Waals surface area (Å²) in [5.74, 6) is 0.0208. The highest BCUT2D eigenvalue weighted by Crippen LogP contribution is 1.44. The van der Waals surface area contributed by atoms with E-state index in [1.807, 2.05) is 0 Å². The van der Waals surface area contributed by atoms with Crippen molar-refractivity contribution in [2.45, 2.75) is 0 Å². The van der Waals surface area contributed by atoms with Crippen LogP contribution in [-0.2, 0) is 0 Å². The molecule has 0 aromatic rings. The molecule has 0 saturated carbocycles. The molecular weight excluding hydrogens is 174 g/mol. The van der Waals surface area contributed by atoms with Gasteiger partial charge in [-0.05, 0) is 12.2 Å².